The summed E-state index contributed by atoms with van der Waals surface area (Å²) in [6.07, 6.45) is 5.26. The molecule has 0 N–H and O–H groups in total. The van der Waals surface area contributed by atoms with Crippen molar-refractivity contribution >= 4 is 37.2 Å². The SMILES string of the molecule is Cc1cc(C(=O)COc2ncnc3sc4c(c23)CCC(C)C4)c(C)n1C1CCS(=O)(=O)C1. The first-order valence-electron chi connectivity index (χ1n) is 11.0. The molecule has 32 heavy (non-hydrogen) atoms. The molecule has 9 heteroatoms. The Morgan fingerprint density at radius 3 is 2.84 bits per heavy atom. The van der Waals surface area contributed by atoms with Gasteiger partial charge in [0.25, 0.3) is 0 Å². The molecule has 0 bridgehead atoms. The fourth-order valence-corrected chi connectivity index (χ4v) is 8.21. The predicted molar refractivity (Wildman–Crippen MR) is 125 cm³/mol. The van der Waals surface area contributed by atoms with Gasteiger partial charge in [-0.1, -0.05) is 6.92 Å². The summed E-state index contributed by atoms with van der Waals surface area (Å²) >= 11 is 1.70. The van der Waals surface area contributed by atoms with E-state index in [0.29, 0.717) is 23.8 Å². The van der Waals surface area contributed by atoms with Gasteiger partial charge in [0.05, 0.1) is 16.9 Å². The summed E-state index contributed by atoms with van der Waals surface area (Å²) in [7, 11) is -3.00. The van der Waals surface area contributed by atoms with Crippen molar-refractivity contribution in [2.75, 3.05) is 18.1 Å². The van der Waals surface area contributed by atoms with Crippen LogP contribution in [0.25, 0.3) is 10.2 Å². The summed E-state index contributed by atoms with van der Waals surface area (Å²) in [6.45, 7) is 5.96. The standard InChI is InChI=1S/C23H27N3O4S2/c1-13-4-5-17-20(8-13)31-23-21(17)22(24-12-25-23)30-10-19(27)18-9-14(2)26(15(18)3)16-6-7-32(28,29)11-16/h9,12-13,16H,4-8,10-11H2,1-3H3. The minimum absolute atomic E-state index is 0.108. The van der Waals surface area contributed by atoms with Crippen LogP contribution in [0.1, 0.15) is 58.0 Å². The molecule has 3 aromatic rings. The number of carbonyl (C=O) groups is 1. The van der Waals surface area contributed by atoms with E-state index in [1.54, 1.807) is 11.3 Å². The van der Waals surface area contributed by atoms with Gasteiger partial charge in [0.2, 0.25) is 11.7 Å². The fourth-order valence-electron chi connectivity index (χ4n) is 5.17. The van der Waals surface area contributed by atoms with E-state index in [0.717, 1.165) is 40.9 Å². The smallest absolute Gasteiger partial charge is 0.226 e. The first-order valence-corrected chi connectivity index (χ1v) is 13.7. The molecule has 1 aliphatic heterocycles. The minimum Gasteiger partial charge on any atom is -0.469 e. The number of sulfone groups is 1. The van der Waals surface area contributed by atoms with Crippen molar-refractivity contribution in [1.29, 1.82) is 0 Å². The summed E-state index contributed by atoms with van der Waals surface area (Å²) < 4.78 is 31.8. The maximum atomic E-state index is 13.1. The molecular formula is C23H27N3O4S2. The molecular weight excluding hydrogens is 446 g/mol. The Morgan fingerprint density at radius 1 is 1.28 bits per heavy atom. The van der Waals surface area contributed by atoms with Crippen LogP contribution in [0.3, 0.4) is 0 Å². The Hall–Kier alpha value is -2.26. The van der Waals surface area contributed by atoms with Crippen molar-refractivity contribution in [3.63, 3.8) is 0 Å². The van der Waals surface area contributed by atoms with Crippen LogP contribution < -0.4 is 4.74 Å². The second kappa shape index (κ2) is 7.95. The lowest BCUT2D eigenvalue weighted by Crippen LogP contribution is -2.16. The van der Waals surface area contributed by atoms with Gasteiger partial charge in [-0.05, 0) is 57.1 Å². The van der Waals surface area contributed by atoms with Crippen molar-refractivity contribution in [1.82, 2.24) is 14.5 Å². The molecule has 7 nitrogen and oxygen atoms in total. The molecule has 1 saturated heterocycles. The van der Waals surface area contributed by atoms with E-state index in [1.165, 1.54) is 16.8 Å². The van der Waals surface area contributed by atoms with E-state index in [4.69, 9.17) is 4.74 Å². The molecule has 2 unspecified atom stereocenters. The predicted octanol–water partition coefficient (Wildman–Crippen LogP) is 3.86. The van der Waals surface area contributed by atoms with Crippen LogP contribution in [-0.2, 0) is 22.7 Å². The molecule has 1 aliphatic carbocycles. The summed E-state index contributed by atoms with van der Waals surface area (Å²) in [5.41, 5.74) is 3.55. The molecule has 0 radical (unpaired) electrons. The third kappa shape index (κ3) is 3.75. The number of ketones is 1. The quantitative estimate of drug-likeness (QED) is 0.523. The average molecular weight is 474 g/mol. The van der Waals surface area contributed by atoms with Crippen molar-refractivity contribution in [3.8, 4) is 5.88 Å². The lowest BCUT2D eigenvalue weighted by Gasteiger charge is -2.18. The van der Waals surface area contributed by atoms with Gasteiger partial charge in [-0.25, -0.2) is 18.4 Å². The van der Waals surface area contributed by atoms with Crippen molar-refractivity contribution in [2.45, 2.75) is 52.5 Å². The highest BCUT2D eigenvalue weighted by Gasteiger charge is 2.32. The van der Waals surface area contributed by atoms with Crippen LogP contribution in [0.5, 0.6) is 5.88 Å². The highest BCUT2D eigenvalue weighted by Crippen LogP contribution is 2.40. The molecule has 0 amide bonds. The number of hydrogen-bond acceptors (Lipinski definition) is 7. The molecule has 3 aromatic heterocycles. The van der Waals surface area contributed by atoms with E-state index < -0.39 is 9.84 Å². The van der Waals surface area contributed by atoms with Gasteiger partial charge in [-0.15, -0.1) is 11.3 Å². The van der Waals surface area contributed by atoms with Gasteiger partial charge >= 0.3 is 0 Å². The van der Waals surface area contributed by atoms with Crippen LogP contribution in [0.4, 0.5) is 0 Å². The lowest BCUT2D eigenvalue weighted by atomic mass is 9.89. The molecule has 0 aromatic carbocycles. The first-order chi connectivity index (χ1) is 15.2. The number of carbonyl (C=O) groups excluding carboxylic acids is 1. The third-order valence-electron chi connectivity index (χ3n) is 6.76. The number of fused-ring (bicyclic) bond motifs is 3. The number of nitrogens with zero attached hydrogens (tertiary/aromatic N) is 3. The maximum absolute atomic E-state index is 13.1. The van der Waals surface area contributed by atoms with Crippen LogP contribution in [0.2, 0.25) is 0 Å². The summed E-state index contributed by atoms with van der Waals surface area (Å²) in [4.78, 5) is 24.1. The number of hydrogen-bond donors (Lipinski definition) is 0. The second-order valence-corrected chi connectivity index (χ2v) is 12.4. The van der Waals surface area contributed by atoms with Crippen LogP contribution in [0.15, 0.2) is 12.4 Å². The molecule has 0 spiro atoms. The first kappa shape index (κ1) is 21.6. The van der Waals surface area contributed by atoms with E-state index in [2.05, 4.69) is 16.9 Å². The van der Waals surface area contributed by atoms with E-state index in [9.17, 15) is 13.2 Å². The Morgan fingerprint density at radius 2 is 2.09 bits per heavy atom. The molecule has 4 heterocycles. The second-order valence-electron chi connectivity index (χ2n) is 9.13. The molecule has 2 atom stereocenters. The number of Topliss-reactive ketones (excluding diaryl/α,β-unsaturated/α-hetero) is 1. The molecule has 0 saturated carbocycles. The highest BCUT2D eigenvalue weighted by molar-refractivity contribution is 7.91. The van der Waals surface area contributed by atoms with Gasteiger partial charge in [0, 0.05) is 27.9 Å². The maximum Gasteiger partial charge on any atom is 0.226 e. The zero-order valence-electron chi connectivity index (χ0n) is 18.6. The van der Waals surface area contributed by atoms with Crippen LogP contribution in [-0.4, -0.2) is 46.8 Å². The number of aromatic nitrogens is 3. The summed E-state index contributed by atoms with van der Waals surface area (Å²) in [6, 6.07) is 1.73. The number of aryl methyl sites for hydroxylation is 2. The van der Waals surface area contributed by atoms with Crippen LogP contribution in [0, 0.1) is 19.8 Å². The van der Waals surface area contributed by atoms with Crippen molar-refractivity contribution in [2.24, 2.45) is 5.92 Å². The van der Waals surface area contributed by atoms with Crippen LogP contribution >= 0.6 is 11.3 Å². The number of rotatable bonds is 5. The Balaban J connectivity index is 1.38. The number of thiophene rings is 1. The normalized spacial score (nSPS) is 22.2. The van der Waals surface area contributed by atoms with Crippen molar-refractivity contribution < 1.29 is 17.9 Å². The van der Waals surface area contributed by atoms with Gasteiger partial charge in [0.15, 0.2) is 16.4 Å². The van der Waals surface area contributed by atoms with Gasteiger partial charge in [-0.2, -0.15) is 0 Å². The van der Waals surface area contributed by atoms with E-state index in [-0.39, 0.29) is 29.9 Å². The molecule has 5 rings (SSSR count). The Bertz CT molecular complexity index is 1320. The van der Waals surface area contributed by atoms with Gasteiger partial charge in [-0.3, -0.25) is 4.79 Å². The average Bonchev–Trinajstić information content (AvgIpc) is 3.38. The summed E-state index contributed by atoms with van der Waals surface area (Å²) in [5, 5.41) is 0.953. The van der Waals surface area contributed by atoms with E-state index >= 15 is 0 Å². The zero-order valence-corrected chi connectivity index (χ0v) is 20.2. The Labute approximate surface area is 191 Å². The molecule has 1 fully saturated rings. The zero-order chi connectivity index (χ0) is 22.6. The van der Waals surface area contributed by atoms with Crippen molar-refractivity contribution in [3.05, 3.63) is 39.8 Å². The lowest BCUT2D eigenvalue weighted by molar-refractivity contribution is 0.0918. The third-order valence-corrected chi connectivity index (χ3v) is 9.67. The topological polar surface area (TPSA) is 91.2 Å². The van der Waals surface area contributed by atoms with Gasteiger partial charge in [0.1, 0.15) is 11.2 Å². The number of ether oxygens (including phenoxy) is 1. The minimum atomic E-state index is -3.00. The molecule has 170 valence electrons. The fraction of sp³-hybridized carbons (Fsp3) is 0.522. The Kier molecular flexibility index (Phi) is 5.36. The highest BCUT2D eigenvalue weighted by atomic mass is 32.2. The summed E-state index contributed by atoms with van der Waals surface area (Å²) in [5.74, 6) is 1.35. The largest absolute Gasteiger partial charge is 0.469 e. The van der Waals surface area contributed by atoms with Gasteiger partial charge < -0.3 is 9.30 Å². The van der Waals surface area contributed by atoms with E-state index in [1.807, 2.05) is 24.5 Å². The monoisotopic (exact) mass is 473 g/mol. The molecule has 2 aliphatic rings.